The zero-order chi connectivity index (χ0) is 42.3. The number of rotatable bonds is 9. The number of carbonyl (C=O) groups is 5. The van der Waals surface area contributed by atoms with Crippen LogP contribution in [0, 0.1) is 6.92 Å². The quantitative estimate of drug-likeness (QED) is 0.0656. The molecule has 0 spiro atoms. The molecule has 0 radical (unpaired) electrons. The molecule has 0 saturated heterocycles. The predicted octanol–water partition coefficient (Wildman–Crippen LogP) is 2.21. The fraction of sp³-hybridized carbons (Fsp3) is 0.194. The van der Waals surface area contributed by atoms with Crippen LogP contribution in [0.25, 0.3) is 0 Å². The number of aryl methyl sites for hydroxylation is 1. The molecule has 300 valence electrons. The Labute approximate surface area is 317 Å². The van der Waals surface area contributed by atoms with Gasteiger partial charge in [0.15, 0.2) is 69.3 Å². The topological polar surface area (TPSA) is 365 Å². The van der Waals surface area contributed by atoms with Gasteiger partial charge in [0.1, 0.15) is 12.2 Å². The van der Waals surface area contributed by atoms with Gasteiger partial charge < -0.3 is 80.2 Å². The summed E-state index contributed by atoms with van der Waals surface area (Å²) in [7, 11) is 0. The highest BCUT2D eigenvalue weighted by molar-refractivity contribution is 5.95. The molecule has 5 rings (SSSR count). The standard InChI is InChI=1S/C36H30O21/c1-12-2-13(3-17(37)26(12)44)31(48)54-24-10-36(35(52)53,57-34(51)16-8-22(42)29(47)23(43)9-16)11-25(55-32(49)14-4-18(38)27(45)19(39)5-14)30(24)56-33(50)15-6-20(40)28(46)21(41)7-15/h2-9,24-25,30,37-47H,10-11H2,1H3,(H,52,53). The van der Waals surface area contributed by atoms with Gasteiger partial charge in [0.05, 0.1) is 22.3 Å². The lowest BCUT2D eigenvalue weighted by Crippen LogP contribution is -2.60. The first-order valence-corrected chi connectivity index (χ1v) is 16.0. The van der Waals surface area contributed by atoms with E-state index in [4.69, 9.17) is 18.9 Å². The fourth-order valence-corrected chi connectivity index (χ4v) is 5.76. The average Bonchev–Trinajstić information content (AvgIpc) is 3.14. The monoisotopic (exact) mass is 798 g/mol. The number of aliphatic carboxylic acids is 1. The number of hydrogen-bond acceptors (Lipinski definition) is 20. The summed E-state index contributed by atoms with van der Waals surface area (Å²) in [5.74, 6) is -18.8. The van der Waals surface area contributed by atoms with Gasteiger partial charge in [-0.1, -0.05) is 0 Å². The van der Waals surface area contributed by atoms with Gasteiger partial charge in [-0.3, -0.25) is 0 Å². The second kappa shape index (κ2) is 15.0. The lowest BCUT2D eigenvalue weighted by molar-refractivity contribution is -0.189. The van der Waals surface area contributed by atoms with E-state index in [-0.39, 0.29) is 5.56 Å². The van der Waals surface area contributed by atoms with Crippen LogP contribution in [0.15, 0.2) is 48.5 Å². The number of carboxylic acid groups (broad SMARTS) is 1. The van der Waals surface area contributed by atoms with Gasteiger partial charge in [0.25, 0.3) is 0 Å². The van der Waals surface area contributed by atoms with Crippen molar-refractivity contribution in [2.24, 2.45) is 0 Å². The molecule has 57 heavy (non-hydrogen) atoms. The molecule has 12 N–H and O–H groups in total. The summed E-state index contributed by atoms with van der Waals surface area (Å²) < 4.78 is 21.9. The van der Waals surface area contributed by atoms with Crippen LogP contribution in [-0.4, -0.2) is 115 Å². The fourth-order valence-electron chi connectivity index (χ4n) is 5.76. The molecule has 1 saturated carbocycles. The summed E-state index contributed by atoms with van der Waals surface area (Å²) in [5.41, 5.74) is -5.62. The van der Waals surface area contributed by atoms with E-state index >= 15 is 0 Å². The van der Waals surface area contributed by atoms with Gasteiger partial charge in [-0.15, -0.1) is 0 Å². The lowest BCUT2D eigenvalue weighted by Gasteiger charge is -2.44. The van der Waals surface area contributed by atoms with Gasteiger partial charge in [-0.25, -0.2) is 24.0 Å². The van der Waals surface area contributed by atoms with Crippen LogP contribution in [0.5, 0.6) is 63.2 Å². The van der Waals surface area contributed by atoms with Crippen molar-refractivity contribution >= 4 is 29.8 Å². The molecular weight excluding hydrogens is 768 g/mol. The molecule has 21 nitrogen and oxygen atoms in total. The van der Waals surface area contributed by atoms with E-state index in [0.29, 0.717) is 36.4 Å². The van der Waals surface area contributed by atoms with Crippen LogP contribution >= 0.6 is 0 Å². The number of phenols is 11. The SMILES string of the molecule is Cc1cc(C(=O)OC2CC(OC(=O)c3cc(O)c(O)c(O)c3)(C(=O)O)CC(OC(=O)c3cc(O)c(O)c(O)c3)C2OC(=O)c2cc(O)c(O)c(O)c2)cc(O)c1O. The number of carbonyl (C=O) groups excluding carboxylic acids is 4. The number of ether oxygens (including phenoxy) is 4. The van der Waals surface area contributed by atoms with Crippen LogP contribution in [0.2, 0.25) is 0 Å². The van der Waals surface area contributed by atoms with E-state index in [9.17, 15) is 85.3 Å². The minimum Gasteiger partial charge on any atom is -0.504 e. The molecule has 1 fully saturated rings. The van der Waals surface area contributed by atoms with E-state index < -0.39 is 152 Å². The van der Waals surface area contributed by atoms with Crippen LogP contribution in [0.1, 0.15) is 59.8 Å². The third kappa shape index (κ3) is 7.97. The first-order valence-electron chi connectivity index (χ1n) is 16.0. The maximum atomic E-state index is 13.6. The second-order valence-corrected chi connectivity index (χ2v) is 12.6. The Morgan fingerprint density at radius 1 is 0.474 bits per heavy atom. The molecular formula is C36H30O21. The molecule has 0 heterocycles. The summed E-state index contributed by atoms with van der Waals surface area (Å²) in [4.78, 5) is 67.1. The van der Waals surface area contributed by atoms with Gasteiger partial charge >= 0.3 is 29.8 Å². The van der Waals surface area contributed by atoms with Crippen LogP contribution in [0.3, 0.4) is 0 Å². The van der Waals surface area contributed by atoms with E-state index in [2.05, 4.69) is 0 Å². The molecule has 4 unspecified atom stereocenters. The summed E-state index contributed by atoms with van der Waals surface area (Å²) >= 11 is 0. The first-order chi connectivity index (χ1) is 26.6. The van der Waals surface area contributed by atoms with E-state index in [1.165, 1.54) is 6.92 Å². The molecule has 0 aromatic heterocycles. The van der Waals surface area contributed by atoms with Crippen molar-refractivity contribution in [2.45, 2.75) is 43.7 Å². The Bertz CT molecular complexity index is 2160. The van der Waals surface area contributed by atoms with E-state index in [0.717, 1.165) is 12.1 Å². The lowest BCUT2D eigenvalue weighted by atomic mass is 9.78. The minimum absolute atomic E-state index is 0.0538. The third-order valence-corrected chi connectivity index (χ3v) is 8.66. The van der Waals surface area contributed by atoms with Crippen molar-refractivity contribution in [3.63, 3.8) is 0 Å². The zero-order valence-corrected chi connectivity index (χ0v) is 28.8. The summed E-state index contributed by atoms with van der Waals surface area (Å²) in [5, 5.41) is 120. The number of hydrogen-bond donors (Lipinski definition) is 12. The molecule has 4 aromatic carbocycles. The summed E-state index contributed by atoms with van der Waals surface area (Å²) in [6.45, 7) is 1.28. The van der Waals surface area contributed by atoms with Crippen molar-refractivity contribution in [2.75, 3.05) is 0 Å². The number of aromatic hydroxyl groups is 11. The summed E-state index contributed by atoms with van der Waals surface area (Å²) in [6.07, 6.45) is -8.81. The van der Waals surface area contributed by atoms with Crippen LogP contribution in [-0.2, 0) is 23.7 Å². The Balaban J connectivity index is 1.65. The van der Waals surface area contributed by atoms with Crippen molar-refractivity contribution in [1.82, 2.24) is 0 Å². The number of benzene rings is 4. The van der Waals surface area contributed by atoms with Crippen molar-refractivity contribution in [3.8, 4) is 63.2 Å². The summed E-state index contributed by atoms with van der Waals surface area (Å²) in [6, 6.07) is 5.40. The largest absolute Gasteiger partial charge is 0.504 e. The molecule has 1 aliphatic carbocycles. The van der Waals surface area contributed by atoms with Crippen LogP contribution < -0.4 is 0 Å². The van der Waals surface area contributed by atoms with Gasteiger partial charge in [-0.05, 0) is 61.0 Å². The Hall–Kier alpha value is -7.97. The van der Waals surface area contributed by atoms with Crippen LogP contribution in [0.4, 0.5) is 0 Å². The van der Waals surface area contributed by atoms with E-state index in [1.54, 1.807) is 0 Å². The maximum absolute atomic E-state index is 13.6. The normalized spacial score (nSPS) is 18.9. The Kier molecular flexibility index (Phi) is 10.6. The number of carboxylic acids is 1. The maximum Gasteiger partial charge on any atom is 0.348 e. The van der Waals surface area contributed by atoms with E-state index in [1.807, 2.05) is 0 Å². The first kappa shape index (κ1) is 40.2. The molecule has 0 aliphatic heterocycles. The molecule has 1 aliphatic rings. The van der Waals surface area contributed by atoms with Gasteiger partial charge in [0.2, 0.25) is 5.60 Å². The Morgan fingerprint density at radius 2 is 0.772 bits per heavy atom. The molecule has 0 bridgehead atoms. The highest BCUT2D eigenvalue weighted by Crippen LogP contribution is 2.43. The van der Waals surface area contributed by atoms with Crippen molar-refractivity contribution in [3.05, 3.63) is 76.3 Å². The van der Waals surface area contributed by atoms with Gasteiger partial charge in [0, 0.05) is 12.8 Å². The minimum atomic E-state index is -2.96. The average molecular weight is 799 g/mol. The number of esters is 4. The molecule has 4 aromatic rings. The molecule has 0 amide bonds. The van der Waals surface area contributed by atoms with Gasteiger partial charge in [-0.2, -0.15) is 0 Å². The molecule has 4 atom stereocenters. The highest BCUT2D eigenvalue weighted by Gasteiger charge is 2.58. The zero-order valence-electron chi connectivity index (χ0n) is 28.8. The van der Waals surface area contributed by atoms with Crippen molar-refractivity contribution < 1.29 is 104 Å². The smallest absolute Gasteiger partial charge is 0.348 e. The predicted molar refractivity (Wildman–Crippen MR) is 181 cm³/mol. The number of phenolic OH excluding ortho intramolecular Hbond substituents is 11. The highest BCUT2D eigenvalue weighted by atomic mass is 16.6. The molecule has 21 heteroatoms. The third-order valence-electron chi connectivity index (χ3n) is 8.66. The second-order valence-electron chi connectivity index (χ2n) is 12.6. The Morgan fingerprint density at radius 3 is 1.11 bits per heavy atom. The van der Waals surface area contributed by atoms with Crippen molar-refractivity contribution in [1.29, 1.82) is 0 Å².